The summed E-state index contributed by atoms with van der Waals surface area (Å²) in [7, 11) is 0. The highest BCUT2D eigenvalue weighted by Crippen LogP contribution is 2.18. The third-order valence-electron chi connectivity index (χ3n) is 3.54. The van der Waals surface area contributed by atoms with Crippen LogP contribution in [0.15, 0.2) is 30.5 Å². The number of benzene rings is 1. The number of nitrogens with zero attached hydrogens (tertiary/aromatic N) is 4. The number of carboxylic acids is 1. The fraction of sp³-hybridized carbons (Fsp3) is 0.286. The molecule has 108 valence electrons. The Morgan fingerprint density at radius 2 is 2.00 bits per heavy atom. The number of carbonyl (C=O) groups is 2. The number of aromatic carboxylic acids is 1. The van der Waals surface area contributed by atoms with E-state index in [1.807, 2.05) is 18.2 Å². The summed E-state index contributed by atoms with van der Waals surface area (Å²) in [4.78, 5) is 24.7. The first-order chi connectivity index (χ1) is 10.1. The largest absolute Gasteiger partial charge is 0.476 e. The van der Waals surface area contributed by atoms with Gasteiger partial charge in [0.2, 0.25) is 5.91 Å². The Kier molecular flexibility index (Phi) is 3.39. The quantitative estimate of drug-likeness (QED) is 0.890. The first-order valence-corrected chi connectivity index (χ1v) is 6.61. The van der Waals surface area contributed by atoms with E-state index in [1.165, 1.54) is 16.4 Å². The molecule has 1 aromatic heterocycles. The van der Waals surface area contributed by atoms with Crippen molar-refractivity contribution in [1.82, 2.24) is 19.9 Å². The summed E-state index contributed by atoms with van der Waals surface area (Å²) in [6, 6.07) is 8.06. The highest BCUT2D eigenvalue weighted by atomic mass is 16.4. The Bertz CT molecular complexity index is 695. The average molecular weight is 286 g/mol. The number of amides is 1. The average Bonchev–Trinajstić information content (AvgIpc) is 2.95. The molecule has 0 aliphatic carbocycles. The van der Waals surface area contributed by atoms with Crippen molar-refractivity contribution in [3.05, 3.63) is 47.3 Å². The van der Waals surface area contributed by atoms with Crippen LogP contribution in [0.2, 0.25) is 0 Å². The Morgan fingerprint density at radius 3 is 2.71 bits per heavy atom. The molecule has 1 amide bonds. The van der Waals surface area contributed by atoms with E-state index in [0.29, 0.717) is 13.1 Å². The van der Waals surface area contributed by atoms with Gasteiger partial charge in [0.1, 0.15) is 6.54 Å². The lowest BCUT2D eigenvalue weighted by Gasteiger charge is -2.28. The highest BCUT2D eigenvalue weighted by Gasteiger charge is 2.21. The topological polar surface area (TPSA) is 88.3 Å². The lowest BCUT2D eigenvalue weighted by Crippen LogP contribution is -2.38. The third-order valence-corrected chi connectivity index (χ3v) is 3.54. The smallest absolute Gasteiger partial charge is 0.358 e. The summed E-state index contributed by atoms with van der Waals surface area (Å²) < 4.78 is 1.26. The minimum atomic E-state index is -1.15. The van der Waals surface area contributed by atoms with Crippen molar-refractivity contribution in [2.45, 2.75) is 19.5 Å². The van der Waals surface area contributed by atoms with Gasteiger partial charge in [0.15, 0.2) is 5.69 Å². The first kappa shape index (κ1) is 13.3. The molecule has 0 atom stereocenters. The van der Waals surface area contributed by atoms with Crippen molar-refractivity contribution >= 4 is 11.9 Å². The van der Waals surface area contributed by atoms with Crippen LogP contribution < -0.4 is 0 Å². The van der Waals surface area contributed by atoms with E-state index >= 15 is 0 Å². The first-order valence-electron chi connectivity index (χ1n) is 6.61. The number of hydrogen-bond acceptors (Lipinski definition) is 4. The van der Waals surface area contributed by atoms with E-state index in [4.69, 9.17) is 5.11 Å². The molecule has 0 bridgehead atoms. The molecule has 7 nitrogen and oxygen atoms in total. The van der Waals surface area contributed by atoms with E-state index in [1.54, 1.807) is 4.90 Å². The second kappa shape index (κ2) is 5.35. The molecule has 0 saturated heterocycles. The maximum atomic E-state index is 12.2. The Balaban J connectivity index is 1.67. The standard InChI is InChI=1S/C14H14N4O3/c19-13(9-18-8-12(14(20)21)15-16-18)17-6-5-10-3-1-2-4-11(10)7-17/h1-4,8H,5-7,9H2,(H,20,21). The van der Waals surface area contributed by atoms with Crippen LogP contribution in [-0.4, -0.2) is 43.4 Å². The Hall–Kier alpha value is -2.70. The zero-order chi connectivity index (χ0) is 14.8. The van der Waals surface area contributed by atoms with Crippen LogP contribution in [0, 0.1) is 0 Å². The van der Waals surface area contributed by atoms with E-state index in [0.717, 1.165) is 12.0 Å². The predicted octanol–water partition coefficient (Wildman–Crippen LogP) is 0.561. The lowest BCUT2D eigenvalue weighted by atomic mass is 10.00. The molecular formula is C14H14N4O3. The molecule has 0 fully saturated rings. The molecule has 1 aromatic carbocycles. The second-order valence-electron chi connectivity index (χ2n) is 4.94. The lowest BCUT2D eigenvalue weighted by molar-refractivity contribution is -0.133. The molecule has 7 heteroatoms. The summed E-state index contributed by atoms with van der Waals surface area (Å²) in [6.07, 6.45) is 2.10. The molecule has 3 rings (SSSR count). The SMILES string of the molecule is O=C(O)c1cn(CC(=O)N2CCc3ccccc3C2)nn1. The van der Waals surface area contributed by atoms with E-state index in [9.17, 15) is 9.59 Å². The molecule has 0 radical (unpaired) electrons. The minimum absolute atomic E-state index is 0.00243. The number of hydrogen-bond donors (Lipinski definition) is 1. The molecule has 1 aliphatic rings. The fourth-order valence-corrected chi connectivity index (χ4v) is 2.42. The maximum absolute atomic E-state index is 12.2. The van der Waals surface area contributed by atoms with Gasteiger partial charge in [-0.1, -0.05) is 29.5 Å². The molecule has 1 aliphatic heterocycles. The Labute approximate surface area is 120 Å². The van der Waals surface area contributed by atoms with E-state index in [-0.39, 0.29) is 18.1 Å². The van der Waals surface area contributed by atoms with E-state index in [2.05, 4.69) is 16.4 Å². The van der Waals surface area contributed by atoms with Crippen molar-refractivity contribution in [3.63, 3.8) is 0 Å². The van der Waals surface area contributed by atoms with Gasteiger partial charge in [-0.15, -0.1) is 5.10 Å². The van der Waals surface area contributed by atoms with Crippen molar-refractivity contribution < 1.29 is 14.7 Å². The van der Waals surface area contributed by atoms with Crippen LogP contribution in [0.25, 0.3) is 0 Å². The summed E-state index contributed by atoms with van der Waals surface area (Å²) in [6.45, 7) is 1.24. The molecular weight excluding hydrogens is 272 g/mol. The van der Waals surface area contributed by atoms with E-state index < -0.39 is 5.97 Å². The zero-order valence-electron chi connectivity index (χ0n) is 11.3. The number of aromatic nitrogens is 3. The third kappa shape index (κ3) is 2.76. The number of fused-ring (bicyclic) bond motifs is 1. The number of carbonyl (C=O) groups excluding carboxylic acids is 1. The van der Waals surface area contributed by atoms with Gasteiger partial charge < -0.3 is 10.0 Å². The number of rotatable bonds is 3. The summed E-state index contributed by atoms with van der Waals surface area (Å²) in [5, 5.41) is 15.9. The molecule has 2 aromatic rings. The molecule has 0 spiro atoms. The zero-order valence-corrected chi connectivity index (χ0v) is 11.3. The minimum Gasteiger partial charge on any atom is -0.476 e. The van der Waals surface area contributed by atoms with Gasteiger partial charge in [0.25, 0.3) is 0 Å². The van der Waals surface area contributed by atoms with Crippen LogP contribution >= 0.6 is 0 Å². The van der Waals surface area contributed by atoms with Crippen LogP contribution in [-0.2, 0) is 24.3 Å². The van der Waals surface area contributed by atoms with Crippen molar-refractivity contribution in [2.75, 3.05) is 6.54 Å². The molecule has 1 N–H and O–H groups in total. The van der Waals surface area contributed by atoms with Crippen molar-refractivity contribution in [3.8, 4) is 0 Å². The van der Waals surface area contributed by atoms with Gasteiger partial charge in [0, 0.05) is 13.1 Å². The van der Waals surface area contributed by atoms with Gasteiger partial charge in [-0.2, -0.15) is 0 Å². The molecule has 21 heavy (non-hydrogen) atoms. The summed E-state index contributed by atoms with van der Waals surface area (Å²) in [5.41, 5.74) is 2.27. The van der Waals surface area contributed by atoms with Gasteiger partial charge in [-0.3, -0.25) is 4.79 Å². The fourth-order valence-electron chi connectivity index (χ4n) is 2.42. The molecule has 2 heterocycles. The van der Waals surface area contributed by atoms with Crippen LogP contribution in [0.5, 0.6) is 0 Å². The van der Waals surface area contributed by atoms with Crippen molar-refractivity contribution in [2.24, 2.45) is 0 Å². The van der Waals surface area contributed by atoms with Gasteiger partial charge in [-0.05, 0) is 17.5 Å². The highest BCUT2D eigenvalue weighted by molar-refractivity contribution is 5.84. The van der Waals surface area contributed by atoms with Crippen LogP contribution in [0.3, 0.4) is 0 Å². The van der Waals surface area contributed by atoms with Crippen LogP contribution in [0.4, 0.5) is 0 Å². The monoisotopic (exact) mass is 286 g/mol. The van der Waals surface area contributed by atoms with Gasteiger partial charge in [-0.25, -0.2) is 9.48 Å². The summed E-state index contributed by atoms with van der Waals surface area (Å²) >= 11 is 0. The van der Waals surface area contributed by atoms with Crippen LogP contribution in [0.1, 0.15) is 21.6 Å². The normalized spacial score (nSPS) is 13.8. The Morgan fingerprint density at radius 1 is 1.24 bits per heavy atom. The number of carboxylic acid groups (broad SMARTS) is 1. The van der Waals surface area contributed by atoms with Gasteiger partial charge in [0.05, 0.1) is 6.20 Å². The van der Waals surface area contributed by atoms with Gasteiger partial charge >= 0.3 is 5.97 Å². The molecule has 0 saturated carbocycles. The molecule has 0 unspecified atom stereocenters. The van der Waals surface area contributed by atoms with Crippen molar-refractivity contribution in [1.29, 1.82) is 0 Å². The predicted molar refractivity (Wildman–Crippen MR) is 72.5 cm³/mol. The second-order valence-corrected chi connectivity index (χ2v) is 4.94. The summed E-state index contributed by atoms with van der Waals surface area (Å²) in [5.74, 6) is -1.24. The maximum Gasteiger partial charge on any atom is 0.358 e.